The van der Waals surface area contributed by atoms with Crippen molar-refractivity contribution in [3.05, 3.63) is 70.7 Å². The van der Waals surface area contributed by atoms with Gasteiger partial charge >= 0.3 is 12.0 Å². The van der Waals surface area contributed by atoms with Gasteiger partial charge in [0, 0.05) is 18.6 Å². The molecule has 0 unspecified atom stereocenters. The summed E-state index contributed by atoms with van der Waals surface area (Å²) in [6.45, 7) is 0.0277. The van der Waals surface area contributed by atoms with Gasteiger partial charge in [-0.3, -0.25) is 9.59 Å². The van der Waals surface area contributed by atoms with Crippen molar-refractivity contribution in [1.29, 1.82) is 0 Å². The average molecular weight is 404 g/mol. The number of halogens is 1. The second kappa shape index (κ2) is 10.3. The summed E-state index contributed by atoms with van der Waals surface area (Å²) < 4.78 is 5.07. The van der Waals surface area contributed by atoms with E-state index >= 15 is 0 Å². The van der Waals surface area contributed by atoms with Gasteiger partial charge in [-0.25, -0.2) is 4.79 Å². The number of carbonyl (C=O) groups excluding carboxylic acids is 3. The minimum absolute atomic E-state index is 0.166. The lowest BCUT2D eigenvalue weighted by Crippen LogP contribution is -2.35. The lowest BCUT2D eigenvalue weighted by Gasteiger charge is -2.19. The number of nitrogens with one attached hydrogen (secondary N) is 1. The Kier molecular flexibility index (Phi) is 7.83. The third kappa shape index (κ3) is 6.92. The molecule has 148 valence electrons. The van der Waals surface area contributed by atoms with Crippen LogP contribution < -0.4 is 11.1 Å². The zero-order valence-corrected chi connectivity index (χ0v) is 16.2. The summed E-state index contributed by atoms with van der Waals surface area (Å²) >= 11 is 5.85. The Hall–Kier alpha value is -3.06. The van der Waals surface area contributed by atoms with Gasteiger partial charge in [-0.05, 0) is 23.3 Å². The van der Waals surface area contributed by atoms with Crippen LogP contribution in [0.3, 0.4) is 0 Å². The molecule has 0 radical (unpaired) electrons. The monoisotopic (exact) mass is 403 g/mol. The average Bonchev–Trinajstić information content (AvgIpc) is 2.66. The number of nitrogens with zero attached hydrogens (tertiary/aromatic N) is 1. The number of nitrogens with two attached hydrogens (primary N) is 1. The lowest BCUT2D eigenvalue weighted by atomic mass is 10.0. The minimum atomic E-state index is -0.772. The topological polar surface area (TPSA) is 102 Å². The first-order valence-corrected chi connectivity index (χ1v) is 8.98. The van der Waals surface area contributed by atoms with E-state index in [9.17, 15) is 14.4 Å². The number of benzene rings is 2. The van der Waals surface area contributed by atoms with Crippen molar-refractivity contribution in [1.82, 2.24) is 10.2 Å². The van der Waals surface area contributed by atoms with Gasteiger partial charge in [-0.1, -0.05) is 54.1 Å². The number of urea groups is 1. The molecule has 0 bridgehead atoms. The van der Waals surface area contributed by atoms with Crippen LogP contribution in [0.1, 0.15) is 23.6 Å². The number of carbonyl (C=O) groups is 3. The standard InChI is InChI=1S/C20H22ClN3O4/c1-24(12-14-5-3-2-4-6-14)18(25)13-28-19(26)11-17(23-20(22)27)15-7-9-16(21)10-8-15/h2-10,17H,11-13H2,1H3,(H3,22,23,27)/t17-/m1/s1. The zero-order valence-electron chi connectivity index (χ0n) is 15.4. The molecule has 0 aliphatic rings. The first-order valence-electron chi connectivity index (χ1n) is 8.60. The van der Waals surface area contributed by atoms with E-state index < -0.39 is 18.0 Å². The van der Waals surface area contributed by atoms with Gasteiger partial charge in [-0.2, -0.15) is 0 Å². The quantitative estimate of drug-likeness (QED) is 0.661. The molecule has 0 fully saturated rings. The van der Waals surface area contributed by atoms with Crippen LogP contribution in [0.15, 0.2) is 54.6 Å². The smallest absolute Gasteiger partial charge is 0.312 e. The van der Waals surface area contributed by atoms with E-state index in [1.54, 1.807) is 31.3 Å². The highest BCUT2D eigenvalue weighted by Crippen LogP contribution is 2.20. The minimum Gasteiger partial charge on any atom is -0.455 e. The molecule has 8 heteroatoms. The number of ether oxygens (including phenoxy) is 1. The first kappa shape index (κ1) is 21.2. The van der Waals surface area contributed by atoms with Crippen molar-refractivity contribution in [3.63, 3.8) is 0 Å². The van der Waals surface area contributed by atoms with Gasteiger partial charge in [0.25, 0.3) is 5.91 Å². The maximum atomic E-state index is 12.2. The molecule has 0 aliphatic heterocycles. The SMILES string of the molecule is CN(Cc1ccccc1)C(=O)COC(=O)C[C@@H](NC(N)=O)c1ccc(Cl)cc1. The fraction of sp³-hybridized carbons (Fsp3) is 0.250. The summed E-state index contributed by atoms with van der Waals surface area (Å²) in [6, 6.07) is 14.6. The van der Waals surface area contributed by atoms with Crippen LogP contribution in [0.5, 0.6) is 0 Å². The van der Waals surface area contributed by atoms with E-state index in [1.165, 1.54) is 4.90 Å². The molecular weight excluding hydrogens is 382 g/mol. The Morgan fingerprint density at radius 1 is 1.11 bits per heavy atom. The Labute approximate surface area is 168 Å². The summed E-state index contributed by atoms with van der Waals surface area (Å²) in [4.78, 5) is 37.0. The molecule has 0 aromatic heterocycles. The lowest BCUT2D eigenvalue weighted by molar-refractivity contribution is -0.152. The zero-order chi connectivity index (χ0) is 20.5. The highest BCUT2D eigenvalue weighted by molar-refractivity contribution is 6.30. The molecule has 0 spiro atoms. The predicted molar refractivity (Wildman–Crippen MR) is 105 cm³/mol. The number of primary amides is 1. The third-order valence-electron chi connectivity index (χ3n) is 4.00. The number of amides is 3. The third-order valence-corrected chi connectivity index (χ3v) is 4.26. The first-order chi connectivity index (χ1) is 13.3. The number of likely N-dealkylation sites (N-methyl/N-ethyl adjacent to an activating group) is 1. The van der Waals surface area contributed by atoms with Crippen LogP contribution in [0.2, 0.25) is 5.02 Å². The van der Waals surface area contributed by atoms with Crippen LogP contribution in [0, 0.1) is 0 Å². The summed E-state index contributed by atoms with van der Waals surface area (Å²) in [5.41, 5.74) is 6.80. The number of esters is 1. The molecule has 0 aliphatic carbocycles. The number of hydrogen-bond donors (Lipinski definition) is 2. The molecule has 0 saturated heterocycles. The van der Waals surface area contributed by atoms with E-state index in [0.717, 1.165) is 5.56 Å². The number of hydrogen-bond acceptors (Lipinski definition) is 4. The van der Waals surface area contributed by atoms with E-state index in [0.29, 0.717) is 17.1 Å². The Morgan fingerprint density at radius 2 is 1.75 bits per heavy atom. The van der Waals surface area contributed by atoms with Gasteiger partial charge < -0.3 is 20.7 Å². The molecular formula is C20H22ClN3O4. The molecule has 0 saturated carbocycles. The van der Waals surface area contributed by atoms with E-state index in [-0.39, 0.29) is 18.9 Å². The van der Waals surface area contributed by atoms with Crippen LogP contribution in [-0.2, 0) is 20.9 Å². The summed E-state index contributed by atoms with van der Waals surface area (Å²) in [7, 11) is 1.63. The molecule has 2 aromatic rings. The normalized spacial score (nSPS) is 11.4. The molecule has 1 atom stereocenters. The van der Waals surface area contributed by atoms with Crippen LogP contribution in [0.4, 0.5) is 4.79 Å². The van der Waals surface area contributed by atoms with E-state index in [2.05, 4.69) is 5.32 Å². The summed E-state index contributed by atoms with van der Waals surface area (Å²) in [6.07, 6.45) is -0.166. The molecule has 2 rings (SSSR count). The van der Waals surface area contributed by atoms with Crippen molar-refractivity contribution >= 4 is 29.5 Å². The highest BCUT2D eigenvalue weighted by atomic mass is 35.5. The van der Waals surface area contributed by atoms with E-state index in [1.807, 2.05) is 30.3 Å². The maximum absolute atomic E-state index is 12.2. The Balaban J connectivity index is 1.88. The second-order valence-corrected chi connectivity index (χ2v) is 6.65. The van der Waals surface area contributed by atoms with Gasteiger partial charge in [0.2, 0.25) is 0 Å². The van der Waals surface area contributed by atoms with Gasteiger partial charge in [0.1, 0.15) is 0 Å². The van der Waals surface area contributed by atoms with Crippen molar-refractivity contribution in [2.24, 2.45) is 5.73 Å². The Morgan fingerprint density at radius 3 is 2.36 bits per heavy atom. The van der Waals surface area contributed by atoms with Crippen molar-refractivity contribution in [3.8, 4) is 0 Å². The van der Waals surface area contributed by atoms with Crippen molar-refractivity contribution < 1.29 is 19.1 Å². The molecule has 28 heavy (non-hydrogen) atoms. The van der Waals surface area contributed by atoms with Crippen LogP contribution >= 0.6 is 11.6 Å². The molecule has 2 aromatic carbocycles. The maximum Gasteiger partial charge on any atom is 0.312 e. The van der Waals surface area contributed by atoms with Gasteiger partial charge in [-0.15, -0.1) is 0 Å². The highest BCUT2D eigenvalue weighted by Gasteiger charge is 2.20. The predicted octanol–water partition coefficient (Wildman–Crippen LogP) is 2.64. The fourth-order valence-corrected chi connectivity index (χ4v) is 2.67. The van der Waals surface area contributed by atoms with Crippen LogP contribution in [0.25, 0.3) is 0 Å². The molecule has 3 amide bonds. The van der Waals surface area contributed by atoms with Crippen molar-refractivity contribution in [2.75, 3.05) is 13.7 Å². The molecule has 3 N–H and O–H groups in total. The number of rotatable bonds is 8. The second-order valence-electron chi connectivity index (χ2n) is 6.21. The van der Waals surface area contributed by atoms with E-state index in [4.69, 9.17) is 22.1 Å². The summed E-state index contributed by atoms with van der Waals surface area (Å²) in [5, 5.41) is 3.01. The van der Waals surface area contributed by atoms with Crippen LogP contribution in [-0.4, -0.2) is 36.5 Å². The fourth-order valence-electron chi connectivity index (χ4n) is 2.54. The summed E-state index contributed by atoms with van der Waals surface area (Å²) in [5.74, 6) is -0.960. The Bertz CT molecular complexity index is 812. The largest absolute Gasteiger partial charge is 0.455 e. The van der Waals surface area contributed by atoms with Gasteiger partial charge in [0.05, 0.1) is 12.5 Å². The van der Waals surface area contributed by atoms with Gasteiger partial charge in [0.15, 0.2) is 6.61 Å². The molecule has 0 heterocycles. The molecule has 7 nitrogen and oxygen atoms in total. The van der Waals surface area contributed by atoms with Crippen molar-refractivity contribution in [2.45, 2.75) is 19.0 Å².